The van der Waals surface area contributed by atoms with Gasteiger partial charge in [-0.05, 0) is 19.9 Å². The molecule has 0 spiro atoms. The number of hydrogen-bond acceptors (Lipinski definition) is 3. The SMILES string of the molecule is CCOCCO[C@@H]1CCNC1. The van der Waals surface area contributed by atoms with E-state index in [1.807, 2.05) is 6.92 Å². The Bertz CT molecular complexity index is 92.1. The first-order valence-electron chi connectivity index (χ1n) is 4.33. The molecule has 0 aromatic rings. The molecular formula is C8H17NO2. The van der Waals surface area contributed by atoms with Crippen LogP contribution in [0, 0.1) is 0 Å². The van der Waals surface area contributed by atoms with Crippen molar-refractivity contribution in [2.75, 3.05) is 32.9 Å². The molecule has 0 aromatic heterocycles. The van der Waals surface area contributed by atoms with Crippen molar-refractivity contribution in [3.63, 3.8) is 0 Å². The number of nitrogens with one attached hydrogen (secondary N) is 1. The van der Waals surface area contributed by atoms with Gasteiger partial charge in [0, 0.05) is 13.2 Å². The van der Waals surface area contributed by atoms with E-state index in [1.165, 1.54) is 0 Å². The Morgan fingerprint density at radius 1 is 1.45 bits per heavy atom. The summed E-state index contributed by atoms with van der Waals surface area (Å²) in [6, 6.07) is 0. The molecule has 66 valence electrons. The van der Waals surface area contributed by atoms with E-state index in [-0.39, 0.29) is 0 Å². The fourth-order valence-electron chi connectivity index (χ4n) is 1.19. The monoisotopic (exact) mass is 159 g/mol. The minimum absolute atomic E-state index is 0.426. The van der Waals surface area contributed by atoms with Gasteiger partial charge in [0.2, 0.25) is 0 Å². The highest BCUT2D eigenvalue weighted by Crippen LogP contribution is 2.01. The third-order valence-electron chi connectivity index (χ3n) is 1.80. The molecule has 1 rings (SSSR count). The average Bonchev–Trinajstić information content (AvgIpc) is 2.50. The molecule has 0 aromatic carbocycles. The number of ether oxygens (including phenoxy) is 2. The first-order chi connectivity index (χ1) is 5.43. The summed E-state index contributed by atoms with van der Waals surface area (Å²) >= 11 is 0. The van der Waals surface area contributed by atoms with Gasteiger partial charge in [-0.3, -0.25) is 0 Å². The topological polar surface area (TPSA) is 30.5 Å². The standard InChI is InChI=1S/C8H17NO2/c1-2-10-5-6-11-8-3-4-9-7-8/h8-9H,2-7H2,1H3/t8-/m1/s1. The van der Waals surface area contributed by atoms with Gasteiger partial charge in [-0.1, -0.05) is 0 Å². The Hall–Kier alpha value is -0.120. The fraction of sp³-hybridized carbons (Fsp3) is 1.00. The Kier molecular flexibility index (Phi) is 4.50. The maximum absolute atomic E-state index is 5.52. The molecular weight excluding hydrogens is 142 g/mol. The van der Waals surface area contributed by atoms with E-state index >= 15 is 0 Å². The quantitative estimate of drug-likeness (QED) is 0.589. The lowest BCUT2D eigenvalue weighted by atomic mass is 10.3. The molecule has 1 heterocycles. The Balaban J connectivity index is 1.86. The van der Waals surface area contributed by atoms with E-state index in [0.29, 0.717) is 6.10 Å². The Morgan fingerprint density at radius 2 is 2.36 bits per heavy atom. The Labute approximate surface area is 68.1 Å². The predicted octanol–water partition coefficient (Wildman–Crippen LogP) is 0.401. The smallest absolute Gasteiger partial charge is 0.0712 e. The zero-order valence-electron chi connectivity index (χ0n) is 7.14. The van der Waals surface area contributed by atoms with Crippen LogP contribution in [0.5, 0.6) is 0 Å². The van der Waals surface area contributed by atoms with Gasteiger partial charge in [0.1, 0.15) is 0 Å². The molecule has 1 aliphatic rings. The molecule has 1 atom stereocenters. The molecule has 0 saturated carbocycles. The van der Waals surface area contributed by atoms with E-state index in [1.54, 1.807) is 0 Å². The largest absolute Gasteiger partial charge is 0.379 e. The van der Waals surface area contributed by atoms with Gasteiger partial charge in [0.15, 0.2) is 0 Å². The van der Waals surface area contributed by atoms with Crippen molar-refractivity contribution in [1.82, 2.24) is 5.32 Å². The highest BCUT2D eigenvalue weighted by Gasteiger charge is 2.13. The lowest BCUT2D eigenvalue weighted by Gasteiger charge is -2.09. The van der Waals surface area contributed by atoms with Crippen LogP contribution in [0.3, 0.4) is 0 Å². The van der Waals surface area contributed by atoms with E-state index in [4.69, 9.17) is 9.47 Å². The van der Waals surface area contributed by atoms with E-state index in [0.717, 1.165) is 39.3 Å². The lowest BCUT2D eigenvalue weighted by Crippen LogP contribution is -2.19. The van der Waals surface area contributed by atoms with Gasteiger partial charge < -0.3 is 14.8 Å². The Morgan fingerprint density at radius 3 is 3.00 bits per heavy atom. The maximum Gasteiger partial charge on any atom is 0.0712 e. The molecule has 0 bridgehead atoms. The van der Waals surface area contributed by atoms with Crippen LogP contribution >= 0.6 is 0 Å². The molecule has 0 aliphatic carbocycles. The second-order valence-corrected chi connectivity index (χ2v) is 2.68. The summed E-state index contributed by atoms with van der Waals surface area (Å²) in [4.78, 5) is 0. The summed E-state index contributed by atoms with van der Waals surface area (Å²) in [5.74, 6) is 0. The van der Waals surface area contributed by atoms with Crippen molar-refractivity contribution < 1.29 is 9.47 Å². The zero-order valence-corrected chi connectivity index (χ0v) is 7.14. The zero-order chi connectivity index (χ0) is 7.94. The molecule has 0 radical (unpaired) electrons. The highest BCUT2D eigenvalue weighted by atomic mass is 16.5. The molecule has 1 aliphatic heterocycles. The minimum Gasteiger partial charge on any atom is -0.379 e. The molecule has 1 fully saturated rings. The van der Waals surface area contributed by atoms with E-state index in [2.05, 4.69) is 5.32 Å². The van der Waals surface area contributed by atoms with Crippen molar-refractivity contribution in [2.24, 2.45) is 0 Å². The van der Waals surface area contributed by atoms with Crippen LogP contribution in [0.15, 0.2) is 0 Å². The molecule has 1 N–H and O–H groups in total. The van der Waals surface area contributed by atoms with Gasteiger partial charge in [0.25, 0.3) is 0 Å². The van der Waals surface area contributed by atoms with Gasteiger partial charge >= 0.3 is 0 Å². The van der Waals surface area contributed by atoms with E-state index < -0.39 is 0 Å². The normalized spacial score (nSPS) is 24.3. The fourth-order valence-corrected chi connectivity index (χ4v) is 1.19. The van der Waals surface area contributed by atoms with Crippen molar-refractivity contribution >= 4 is 0 Å². The van der Waals surface area contributed by atoms with Gasteiger partial charge in [-0.2, -0.15) is 0 Å². The summed E-state index contributed by atoms with van der Waals surface area (Å²) in [5, 5.41) is 3.25. The predicted molar refractivity (Wildman–Crippen MR) is 43.7 cm³/mol. The van der Waals surface area contributed by atoms with Crippen LogP contribution < -0.4 is 5.32 Å². The minimum atomic E-state index is 0.426. The van der Waals surface area contributed by atoms with Gasteiger partial charge in [-0.25, -0.2) is 0 Å². The molecule has 11 heavy (non-hydrogen) atoms. The van der Waals surface area contributed by atoms with Gasteiger partial charge in [-0.15, -0.1) is 0 Å². The third kappa shape index (κ3) is 3.70. The van der Waals surface area contributed by atoms with Crippen LogP contribution in [0.4, 0.5) is 0 Å². The van der Waals surface area contributed by atoms with Crippen LogP contribution in [0.1, 0.15) is 13.3 Å². The van der Waals surface area contributed by atoms with Crippen molar-refractivity contribution in [2.45, 2.75) is 19.4 Å². The first-order valence-corrected chi connectivity index (χ1v) is 4.33. The summed E-state index contributed by atoms with van der Waals surface area (Å²) in [6.45, 7) is 6.35. The first kappa shape index (κ1) is 8.97. The number of hydrogen-bond donors (Lipinski definition) is 1. The molecule has 1 saturated heterocycles. The van der Waals surface area contributed by atoms with Crippen LogP contribution in [0.2, 0.25) is 0 Å². The van der Waals surface area contributed by atoms with Crippen LogP contribution in [-0.4, -0.2) is 39.0 Å². The average molecular weight is 159 g/mol. The molecule has 0 unspecified atom stereocenters. The second kappa shape index (κ2) is 5.52. The van der Waals surface area contributed by atoms with Crippen molar-refractivity contribution in [1.29, 1.82) is 0 Å². The number of rotatable bonds is 5. The molecule has 3 heteroatoms. The van der Waals surface area contributed by atoms with Crippen LogP contribution in [0.25, 0.3) is 0 Å². The summed E-state index contributed by atoms with van der Waals surface area (Å²) in [7, 11) is 0. The third-order valence-corrected chi connectivity index (χ3v) is 1.80. The van der Waals surface area contributed by atoms with Crippen molar-refractivity contribution in [3.8, 4) is 0 Å². The van der Waals surface area contributed by atoms with Crippen molar-refractivity contribution in [3.05, 3.63) is 0 Å². The maximum atomic E-state index is 5.52. The summed E-state index contributed by atoms with van der Waals surface area (Å²) in [5.41, 5.74) is 0. The molecule has 0 amide bonds. The highest BCUT2D eigenvalue weighted by molar-refractivity contribution is 4.70. The van der Waals surface area contributed by atoms with E-state index in [9.17, 15) is 0 Å². The second-order valence-electron chi connectivity index (χ2n) is 2.68. The van der Waals surface area contributed by atoms with Gasteiger partial charge in [0.05, 0.1) is 19.3 Å². The van der Waals surface area contributed by atoms with Crippen LogP contribution in [-0.2, 0) is 9.47 Å². The summed E-state index contributed by atoms with van der Waals surface area (Å²) in [6.07, 6.45) is 1.57. The summed E-state index contributed by atoms with van der Waals surface area (Å²) < 4.78 is 10.7. The lowest BCUT2D eigenvalue weighted by molar-refractivity contribution is 0.0162. The molecule has 3 nitrogen and oxygen atoms in total.